The normalized spacial score (nSPS) is 10.2. The van der Waals surface area contributed by atoms with Crippen molar-refractivity contribution in [3.63, 3.8) is 0 Å². The van der Waals surface area contributed by atoms with Gasteiger partial charge in [0.1, 0.15) is 17.4 Å². The second-order valence-corrected chi connectivity index (χ2v) is 4.51. The monoisotopic (exact) mass is 324 g/mol. The van der Waals surface area contributed by atoms with Gasteiger partial charge in [0.15, 0.2) is 0 Å². The predicted octanol–water partition coefficient (Wildman–Crippen LogP) is 2.07. The molecule has 0 saturated carbocycles. The number of halogens is 2. The van der Waals surface area contributed by atoms with Gasteiger partial charge >= 0.3 is 5.97 Å². The standard InChI is InChI=1S/C15H14F2N2O4/c1-22-15(21)10-5-13(12(17)6-11(10)16)18-8-14(20)19-7-9-3-2-4-23-9/h2-6,18H,7-8H2,1H3,(H,19,20). The maximum atomic E-state index is 13.7. The van der Waals surface area contributed by atoms with E-state index in [4.69, 9.17) is 4.42 Å². The molecule has 23 heavy (non-hydrogen) atoms. The van der Waals surface area contributed by atoms with Crippen LogP contribution in [0.5, 0.6) is 0 Å². The average Bonchev–Trinajstić information content (AvgIpc) is 3.04. The summed E-state index contributed by atoms with van der Waals surface area (Å²) in [7, 11) is 1.08. The van der Waals surface area contributed by atoms with Crippen molar-refractivity contribution in [3.8, 4) is 0 Å². The third kappa shape index (κ3) is 4.29. The smallest absolute Gasteiger partial charge is 0.340 e. The summed E-state index contributed by atoms with van der Waals surface area (Å²) in [5, 5.41) is 5.05. The molecule has 0 atom stereocenters. The van der Waals surface area contributed by atoms with Crippen LogP contribution < -0.4 is 10.6 Å². The van der Waals surface area contributed by atoms with Gasteiger partial charge in [0, 0.05) is 6.07 Å². The Kier molecular flexibility index (Phi) is 5.29. The highest BCUT2D eigenvalue weighted by Crippen LogP contribution is 2.20. The third-order valence-corrected chi connectivity index (χ3v) is 2.94. The molecule has 0 radical (unpaired) electrons. The summed E-state index contributed by atoms with van der Waals surface area (Å²) in [5.41, 5.74) is -0.604. The summed E-state index contributed by atoms with van der Waals surface area (Å²) in [6.45, 7) is -0.0727. The lowest BCUT2D eigenvalue weighted by molar-refractivity contribution is -0.119. The van der Waals surface area contributed by atoms with Crippen LogP contribution in [-0.2, 0) is 16.1 Å². The van der Waals surface area contributed by atoms with Gasteiger partial charge in [-0.25, -0.2) is 13.6 Å². The average molecular weight is 324 g/mol. The Hall–Kier alpha value is -2.90. The lowest BCUT2D eigenvalue weighted by Gasteiger charge is -2.10. The number of furan rings is 1. The highest BCUT2D eigenvalue weighted by atomic mass is 19.1. The first-order valence-electron chi connectivity index (χ1n) is 6.61. The molecule has 1 amide bonds. The van der Waals surface area contributed by atoms with Crippen molar-refractivity contribution < 1.29 is 27.5 Å². The minimum absolute atomic E-state index is 0.181. The highest BCUT2D eigenvalue weighted by Gasteiger charge is 2.17. The van der Waals surface area contributed by atoms with Crippen LogP contribution in [0.25, 0.3) is 0 Å². The van der Waals surface area contributed by atoms with Crippen molar-refractivity contribution in [3.05, 3.63) is 53.5 Å². The van der Waals surface area contributed by atoms with Crippen molar-refractivity contribution in [2.24, 2.45) is 0 Å². The van der Waals surface area contributed by atoms with Gasteiger partial charge in [-0.2, -0.15) is 0 Å². The van der Waals surface area contributed by atoms with Crippen molar-refractivity contribution >= 4 is 17.6 Å². The van der Waals surface area contributed by atoms with E-state index in [0.717, 1.165) is 13.2 Å². The number of esters is 1. The first kappa shape index (κ1) is 16.5. The van der Waals surface area contributed by atoms with Gasteiger partial charge in [-0.15, -0.1) is 0 Å². The first-order valence-corrected chi connectivity index (χ1v) is 6.61. The van der Waals surface area contributed by atoms with E-state index < -0.39 is 29.1 Å². The molecule has 8 heteroatoms. The summed E-state index contributed by atoms with van der Waals surface area (Å²) in [6, 6.07) is 4.88. The number of rotatable bonds is 6. The van der Waals surface area contributed by atoms with E-state index in [1.54, 1.807) is 12.1 Å². The number of methoxy groups -OCH3 is 1. The number of anilines is 1. The van der Waals surface area contributed by atoms with E-state index >= 15 is 0 Å². The molecule has 0 aliphatic rings. The fourth-order valence-corrected chi connectivity index (χ4v) is 1.79. The van der Waals surface area contributed by atoms with Crippen molar-refractivity contribution in [2.45, 2.75) is 6.54 Å². The molecule has 1 aromatic heterocycles. The van der Waals surface area contributed by atoms with Crippen molar-refractivity contribution in [2.75, 3.05) is 19.0 Å². The van der Waals surface area contributed by atoms with E-state index in [-0.39, 0.29) is 18.8 Å². The van der Waals surface area contributed by atoms with Crippen molar-refractivity contribution in [1.29, 1.82) is 0 Å². The number of carbonyl (C=O) groups excluding carboxylic acids is 2. The molecule has 2 N–H and O–H groups in total. The van der Waals surface area contributed by atoms with Crippen LogP contribution in [0.1, 0.15) is 16.1 Å². The zero-order valence-corrected chi connectivity index (χ0v) is 12.2. The van der Waals surface area contributed by atoms with Gasteiger partial charge in [-0.3, -0.25) is 4.79 Å². The largest absolute Gasteiger partial charge is 0.467 e. The Morgan fingerprint density at radius 2 is 2.04 bits per heavy atom. The lowest BCUT2D eigenvalue weighted by atomic mass is 10.1. The predicted molar refractivity (Wildman–Crippen MR) is 76.7 cm³/mol. The van der Waals surface area contributed by atoms with E-state index in [1.807, 2.05) is 0 Å². The molecular formula is C15H14F2N2O4. The lowest BCUT2D eigenvalue weighted by Crippen LogP contribution is -2.29. The molecule has 0 saturated heterocycles. The molecule has 2 rings (SSSR count). The van der Waals surface area contributed by atoms with Crippen LogP contribution in [0.3, 0.4) is 0 Å². The molecule has 0 bridgehead atoms. The Labute approximate surface area is 130 Å². The fourth-order valence-electron chi connectivity index (χ4n) is 1.79. The maximum Gasteiger partial charge on any atom is 0.340 e. The Morgan fingerprint density at radius 1 is 1.26 bits per heavy atom. The number of nitrogens with one attached hydrogen (secondary N) is 2. The second kappa shape index (κ2) is 7.39. The van der Waals surface area contributed by atoms with Crippen LogP contribution in [0.15, 0.2) is 34.9 Å². The SMILES string of the molecule is COC(=O)c1cc(NCC(=O)NCc2ccco2)c(F)cc1F. The highest BCUT2D eigenvalue weighted by molar-refractivity contribution is 5.91. The summed E-state index contributed by atoms with van der Waals surface area (Å²) in [4.78, 5) is 23.0. The fraction of sp³-hybridized carbons (Fsp3) is 0.200. The zero-order chi connectivity index (χ0) is 16.8. The quantitative estimate of drug-likeness (QED) is 0.795. The van der Waals surface area contributed by atoms with Crippen LogP contribution in [-0.4, -0.2) is 25.5 Å². The maximum absolute atomic E-state index is 13.7. The van der Waals surface area contributed by atoms with Crippen LogP contribution in [0.2, 0.25) is 0 Å². The molecule has 2 aromatic rings. The zero-order valence-electron chi connectivity index (χ0n) is 12.2. The first-order chi connectivity index (χ1) is 11.0. The summed E-state index contributed by atoms with van der Waals surface area (Å²) < 4.78 is 36.6. The molecule has 0 fully saturated rings. The van der Waals surface area contributed by atoms with Crippen LogP contribution in [0, 0.1) is 11.6 Å². The van der Waals surface area contributed by atoms with Gasteiger partial charge in [0.25, 0.3) is 0 Å². The molecule has 0 aliphatic heterocycles. The van der Waals surface area contributed by atoms with Crippen molar-refractivity contribution in [1.82, 2.24) is 5.32 Å². The molecule has 0 unspecified atom stereocenters. The van der Waals surface area contributed by atoms with Crippen LogP contribution in [0.4, 0.5) is 14.5 Å². The van der Waals surface area contributed by atoms with E-state index in [0.29, 0.717) is 11.8 Å². The van der Waals surface area contributed by atoms with E-state index in [2.05, 4.69) is 15.4 Å². The van der Waals surface area contributed by atoms with Gasteiger partial charge in [0.05, 0.1) is 37.7 Å². The Bertz CT molecular complexity index is 702. The Morgan fingerprint density at radius 3 is 2.70 bits per heavy atom. The second-order valence-electron chi connectivity index (χ2n) is 4.51. The van der Waals surface area contributed by atoms with Gasteiger partial charge in [-0.1, -0.05) is 0 Å². The summed E-state index contributed by atoms with van der Waals surface area (Å²) in [5.74, 6) is -2.76. The molecule has 1 heterocycles. The van der Waals surface area contributed by atoms with Gasteiger partial charge < -0.3 is 19.8 Å². The van der Waals surface area contributed by atoms with E-state index in [1.165, 1.54) is 6.26 Å². The third-order valence-electron chi connectivity index (χ3n) is 2.94. The molecular weight excluding hydrogens is 310 g/mol. The number of ether oxygens (including phenoxy) is 1. The minimum Gasteiger partial charge on any atom is -0.467 e. The minimum atomic E-state index is -1.04. The van der Waals surface area contributed by atoms with Gasteiger partial charge in [0.2, 0.25) is 5.91 Å². The number of benzene rings is 1. The molecule has 6 nitrogen and oxygen atoms in total. The molecule has 0 spiro atoms. The molecule has 0 aliphatic carbocycles. The number of amides is 1. The summed E-state index contributed by atoms with van der Waals surface area (Å²) >= 11 is 0. The van der Waals surface area contributed by atoms with Gasteiger partial charge in [-0.05, 0) is 18.2 Å². The van der Waals surface area contributed by atoms with E-state index in [9.17, 15) is 18.4 Å². The number of hydrogen-bond acceptors (Lipinski definition) is 5. The molecule has 1 aromatic carbocycles. The topological polar surface area (TPSA) is 80.6 Å². The summed E-state index contributed by atoms with van der Waals surface area (Å²) in [6.07, 6.45) is 1.47. The number of hydrogen-bond donors (Lipinski definition) is 2. The molecule has 122 valence electrons. The number of carbonyl (C=O) groups is 2. The van der Waals surface area contributed by atoms with Crippen LogP contribution >= 0.6 is 0 Å². The Balaban J connectivity index is 1.96.